The molecule has 1 atom stereocenters. The van der Waals surface area contributed by atoms with Crippen LogP contribution in [0.5, 0.6) is 5.88 Å². The van der Waals surface area contributed by atoms with Gasteiger partial charge in [-0.25, -0.2) is 14.2 Å². The van der Waals surface area contributed by atoms with Gasteiger partial charge in [0, 0.05) is 50.8 Å². The van der Waals surface area contributed by atoms with Crippen molar-refractivity contribution in [3.05, 3.63) is 53.6 Å². The first kappa shape index (κ1) is 27.0. The Labute approximate surface area is 229 Å². The molecule has 12 nitrogen and oxygen atoms in total. The first-order valence-electron chi connectivity index (χ1n) is 12.9. The van der Waals surface area contributed by atoms with E-state index in [1.54, 1.807) is 43.4 Å². The van der Waals surface area contributed by atoms with E-state index in [-0.39, 0.29) is 24.5 Å². The van der Waals surface area contributed by atoms with Gasteiger partial charge in [-0.1, -0.05) is 38.1 Å². The highest BCUT2D eigenvalue weighted by Gasteiger charge is 2.30. The number of aromatic amines is 1. The lowest BCUT2D eigenvalue weighted by molar-refractivity contribution is 0.0937. The van der Waals surface area contributed by atoms with Crippen LogP contribution in [0.1, 0.15) is 49.3 Å². The van der Waals surface area contributed by atoms with Gasteiger partial charge in [-0.2, -0.15) is 4.98 Å². The molecule has 13 heteroatoms. The lowest BCUT2D eigenvalue weighted by atomic mass is 9.97. The first-order chi connectivity index (χ1) is 19.0. The number of fused-ring (bicyclic) bond motifs is 1. The van der Waals surface area contributed by atoms with Crippen molar-refractivity contribution in [2.75, 3.05) is 27.2 Å². The molecule has 0 saturated carbocycles. The summed E-state index contributed by atoms with van der Waals surface area (Å²) in [7, 11) is 3.43. The normalized spacial score (nSPS) is 15.4. The fourth-order valence-corrected chi connectivity index (χ4v) is 4.42. The third-order valence-electron chi connectivity index (χ3n) is 6.58. The number of rotatable bonds is 6. The van der Waals surface area contributed by atoms with Crippen molar-refractivity contribution in [1.29, 1.82) is 0 Å². The summed E-state index contributed by atoms with van der Waals surface area (Å²) < 4.78 is 26.5. The number of amides is 3. The number of carbonyl (C=O) groups excluding carboxylic acids is 2. The molecule has 3 aromatic heterocycles. The number of hydrogen-bond donors (Lipinski definition) is 2. The lowest BCUT2D eigenvalue weighted by Gasteiger charge is -2.21. The Morgan fingerprint density at radius 3 is 2.77 bits per heavy atom. The highest BCUT2D eigenvalue weighted by atomic mass is 19.1. The van der Waals surface area contributed by atoms with E-state index in [1.165, 1.54) is 11.0 Å². The molecule has 40 heavy (non-hydrogen) atoms. The highest BCUT2D eigenvalue weighted by Crippen LogP contribution is 2.34. The number of nitrogens with zero attached hydrogens (tertiary/aromatic N) is 6. The van der Waals surface area contributed by atoms with Crippen LogP contribution in [-0.2, 0) is 12.0 Å². The fourth-order valence-electron chi connectivity index (χ4n) is 4.42. The van der Waals surface area contributed by atoms with Gasteiger partial charge in [0.1, 0.15) is 11.9 Å². The molecule has 3 amide bonds. The van der Waals surface area contributed by atoms with Gasteiger partial charge in [0.15, 0.2) is 5.65 Å². The summed E-state index contributed by atoms with van der Waals surface area (Å²) in [5.41, 5.74) is 1.67. The van der Waals surface area contributed by atoms with Crippen LogP contribution >= 0.6 is 0 Å². The molecule has 1 aromatic carbocycles. The second-order valence-corrected chi connectivity index (χ2v) is 10.9. The number of likely N-dealkylation sites (tertiary alicyclic amines) is 1. The van der Waals surface area contributed by atoms with Crippen LogP contribution in [0, 0.1) is 5.82 Å². The van der Waals surface area contributed by atoms with E-state index in [1.807, 2.05) is 20.8 Å². The number of halogens is 1. The number of aromatic nitrogens is 5. The first-order valence-corrected chi connectivity index (χ1v) is 12.9. The summed E-state index contributed by atoms with van der Waals surface area (Å²) in [4.78, 5) is 36.5. The fraction of sp³-hybridized carbons (Fsp3) is 0.407. The third kappa shape index (κ3) is 5.44. The van der Waals surface area contributed by atoms with Gasteiger partial charge in [0.2, 0.25) is 11.8 Å². The largest absolute Gasteiger partial charge is 0.471 e. The van der Waals surface area contributed by atoms with Gasteiger partial charge >= 0.3 is 6.03 Å². The topological polar surface area (TPSA) is 142 Å². The molecular formula is C27H31FN8O4. The summed E-state index contributed by atoms with van der Waals surface area (Å²) in [6, 6.07) is 6.46. The zero-order valence-corrected chi connectivity index (χ0v) is 23.0. The number of nitrogens with one attached hydrogen (secondary N) is 2. The van der Waals surface area contributed by atoms with Gasteiger partial charge < -0.3 is 24.4 Å². The van der Waals surface area contributed by atoms with Crippen LogP contribution in [-0.4, -0.2) is 80.3 Å². The maximum atomic E-state index is 15.2. The number of pyridine rings is 1. The standard InChI is InChI=1S/C27H31FN8O4/c1-27(2,3)25-31-22(34-40-25)23(37)30-13-16-7-6-15(12-19(16)28)18-8-10-29-21-20(18)24(33-32-21)39-17-9-11-36(14-17)26(38)35(4)5/h6-8,10,12,17H,9,11,13-14H2,1-5H3,(H,30,37)(H,29,32,33). The number of hydrogen-bond acceptors (Lipinski definition) is 8. The molecule has 1 saturated heterocycles. The van der Waals surface area contributed by atoms with Crippen molar-refractivity contribution in [1.82, 2.24) is 40.4 Å². The van der Waals surface area contributed by atoms with Gasteiger partial charge in [0.25, 0.3) is 11.7 Å². The molecule has 1 aliphatic rings. The predicted molar refractivity (Wildman–Crippen MR) is 143 cm³/mol. The van der Waals surface area contributed by atoms with Gasteiger partial charge in [-0.05, 0) is 23.3 Å². The molecule has 0 bridgehead atoms. The average molecular weight is 551 g/mol. The molecule has 210 valence electrons. The van der Waals surface area contributed by atoms with Crippen molar-refractivity contribution in [2.45, 2.75) is 45.3 Å². The number of carbonyl (C=O) groups is 2. The molecule has 4 heterocycles. The Hall–Kier alpha value is -4.55. The molecule has 1 unspecified atom stereocenters. The molecule has 1 fully saturated rings. The van der Waals surface area contributed by atoms with Crippen molar-refractivity contribution < 1.29 is 23.2 Å². The maximum Gasteiger partial charge on any atom is 0.319 e. The molecule has 4 aromatic rings. The van der Waals surface area contributed by atoms with Crippen LogP contribution < -0.4 is 10.1 Å². The van der Waals surface area contributed by atoms with Gasteiger partial charge in [-0.3, -0.25) is 9.89 Å². The molecular weight excluding hydrogens is 519 g/mol. The summed E-state index contributed by atoms with van der Waals surface area (Å²) >= 11 is 0. The Balaban J connectivity index is 1.31. The Morgan fingerprint density at radius 2 is 2.08 bits per heavy atom. The van der Waals surface area contributed by atoms with Gasteiger partial charge in [0.05, 0.1) is 11.9 Å². The number of ether oxygens (including phenoxy) is 1. The molecule has 5 rings (SSSR count). The van der Waals surface area contributed by atoms with Crippen molar-refractivity contribution in [2.24, 2.45) is 0 Å². The summed E-state index contributed by atoms with van der Waals surface area (Å²) in [5.74, 6) is -0.479. The van der Waals surface area contributed by atoms with Gasteiger partial charge in [-0.15, -0.1) is 5.10 Å². The van der Waals surface area contributed by atoms with E-state index < -0.39 is 17.1 Å². The third-order valence-corrected chi connectivity index (χ3v) is 6.58. The van der Waals surface area contributed by atoms with Crippen molar-refractivity contribution in [3.63, 3.8) is 0 Å². The van der Waals surface area contributed by atoms with E-state index in [2.05, 4.69) is 30.6 Å². The number of benzene rings is 1. The monoisotopic (exact) mass is 550 g/mol. The average Bonchev–Trinajstić information content (AvgIpc) is 3.67. The molecule has 0 aliphatic carbocycles. The molecule has 0 radical (unpaired) electrons. The summed E-state index contributed by atoms with van der Waals surface area (Å²) in [6.45, 7) is 6.65. The maximum absolute atomic E-state index is 15.2. The van der Waals surface area contributed by atoms with Crippen LogP contribution in [0.25, 0.3) is 22.2 Å². The minimum Gasteiger partial charge on any atom is -0.471 e. The van der Waals surface area contributed by atoms with Crippen LogP contribution in [0.2, 0.25) is 0 Å². The molecule has 1 aliphatic heterocycles. The Bertz CT molecular complexity index is 1560. The quantitative estimate of drug-likeness (QED) is 0.371. The summed E-state index contributed by atoms with van der Waals surface area (Å²) in [5, 5.41) is 14.1. The van der Waals surface area contributed by atoms with E-state index in [0.717, 1.165) is 0 Å². The second-order valence-electron chi connectivity index (χ2n) is 10.9. The minimum atomic E-state index is -0.559. The van der Waals surface area contributed by atoms with Crippen molar-refractivity contribution >= 4 is 23.0 Å². The minimum absolute atomic E-state index is 0.0555. The van der Waals surface area contributed by atoms with E-state index in [0.29, 0.717) is 59.0 Å². The smallest absolute Gasteiger partial charge is 0.319 e. The predicted octanol–water partition coefficient (Wildman–Crippen LogP) is 3.51. The zero-order chi connectivity index (χ0) is 28.6. The zero-order valence-electron chi connectivity index (χ0n) is 23.0. The number of urea groups is 1. The van der Waals surface area contributed by atoms with E-state index in [9.17, 15) is 9.59 Å². The number of H-pyrrole nitrogens is 1. The molecule has 2 N–H and O–H groups in total. The van der Waals surface area contributed by atoms with Crippen LogP contribution in [0.4, 0.5) is 9.18 Å². The highest BCUT2D eigenvalue weighted by molar-refractivity contribution is 5.96. The van der Waals surface area contributed by atoms with E-state index >= 15 is 4.39 Å². The Kier molecular flexibility index (Phi) is 7.13. The van der Waals surface area contributed by atoms with Crippen LogP contribution in [0.15, 0.2) is 35.0 Å². The van der Waals surface area contributed by atoms with Crippen molar-refractivity contribution in [3.8, 4) is 17.0 Å². The molecule has 0 spiro atoms. The summed E-state index contributed by atoms with van der Waals surface area (Å²) in [6.07, 6.45) is 2.04. The van der Waals surface area contributed by atoms with Crippen LogP contribution in [0.3, 0.4) is 0 Å². The second kappa shape index (κ2) is 10.5. The van der Waals surface area contributed by atoms with E-state index in [4.69, 9.17) is 9.26 Å². The lowest BCUT2D eigenvalue weighted by Crippen LogP contribution is -2.38. The Morgan fingerprint density at radius 1 is 1.27 bits per heavy atom. The SMILES string of the molecule is CN(C)C(=O)N1CCC(Oc2n[nH]c3nccc(-c4ccc(CNC(=O)c5noc(C(C)(C)C)n5)c(F)c4)c23)C1.